The number of hydrogen-bond acceptors (Lipinski definition) is 6. The summed E-state index contributed by atoms with van der Waals surface area (Å²) in [5.41, 5.74) is 2.60. The van der Waals surface area contributed by atoms with Crippen molar-refractivity contribution in [2.75, 3.05) is 12.4 Å². The number of carbonyl (C=O) groups is 1. The van der Waals surface area contributed by atoms with Crippen molar-refractivity contribution in [3.8, 4) is 17.6 Å². The van der Waals surface area contributed by atoms with Gasteiger partial charge >= 0.3 is 10.1 Å². The Kier molecular flexibility index (Phi) is 8.07. The van der Waals surface area contributed by atoms with Gasteiger partial charge < -0.3 is 14.2 Å². The van der Waals surface area contributed by atoms with Crippen molar-refractivity contribution in [2.24, 2.45) is 0 Å². The Balaban J connectivity index is 1.92. The second-order valence-corrected chi connectivity index (χ2v) is 9.79. The number of anilines is 1. The van der Waals surface area contributed by atoms with Crippen molar-refractivity contribution in [3.63, 3.8) is 0 Å². The van der Waals surface area contributed by atoms with Crippen molar-refractivity contribution in [2.45, 2.75) is 18.7 Å². The van der Waals surface area contributed by atoms with Crippen LogP contribution in [0.1, 0.15) is 16.7 Å². The molecule has 0 radical (unpaired) electrons. The van der Waals surface area contributed by atoms with Crippen LogP contribution in [0.4, 0.5) is 5.69 Å². The summed E-state index contributed by atoms with van der Waals surface area (Å²) in [6.45, 7) is 3.78. The number of rotatable bonds is 7. The minimum Gasteiger partial charge on any atom is -0.493 e. The third-order valence-electron chi connectivity index (χ3n) is 5.08. The Morgan fingerprint density at radius 2 is 1.77 bits per heavy atom. The molecule has 0 unspecified atom stereocenters. The first kappa shape index (κ1) is 26.1. The van der Waals surface area contributed by atoms with E-state index in [0.717, 1.165) is 11.1 Å². The van der Waals surface area contributed by atoms with Crippen LogP contribution >= 0.6 is 23.2 Å². The van der Waals surface area contributed by atoms with Gasteiger partial charge in [0.25, 0.3) is 5.91 Å². The molecule has 0 aromatic heterocycles. The molecule has 35 heavy (non-hydrogen) atoms. The SMILES string of the molecule is COc1cc(/C=C(\C#N)C(=O)Nc2cccc(C)c2C)cc(Cl)c1OS(=O)(=O)c1ccc(Cl)cc1. The van der Waals surface area contributed by atoms with Gasteiger partial charge in [-0.05, 0) is 79.1 Å². The molecule has 0 saturated carbocycles. The second-order valence-electron chi connectivity index (χ2n) is 7.40. The van der Waals surface area contributed by atoms with Crippen molar-refractivity contribution in [1.29, 1.82) is 5.26 Å². The molecule has 3 rings (SSSR count). The van der Waals surface area contributed by atoms with Gasteiger partial charge in [0.1, 0.15) is 16.5 Å². The van der Waals surface area contributed by atoms with E-state index in [0.29, 0.717) is 16.3 Å². The molecule has 3 aromatic rings. The van der Waals surface area contributed by atoms with Gasteiger partial charge in [-0.2, -0.15) is 13.7 Å². The smallest absolute Gasteiger partial charge is 0.339 e. The number of benzene rings is 3. The van der Waals surface area contributed by atoms with Crippen LogP contribution < -0.4 is 14.2 Å². The van der Waals surface area contributed by atoms with Crippen LogP contribution in [0.25, 0.3) is 6.08 Å². The summed E-state index contributed by atoms with van der Waals surface area (Å²) in [6, 6.07) is 15.5. The number of nitrogens with zero attached hydrogens (tertiary/aromatic N) is 1. The van der Waals surface area contributed by atoms with Gasteiger partial charge in [-0.15, -0.1) is 0 Å². The summed E-state index contributed by atoms with van der Waals surface area (Å²) in [4.78, 5) is 12.6. The predicted molar refractivity (Wildman–Crippen MR) is 135 cm³/mol. The van der Waals surface area contributed by atoms with Crippen LogP contribution in [0.15, 0.2) is 65.1 Å². The summed E-state index contributed by atoms with van der Waals surface area (Å²) in [6.07, 6.45) is 1.31. The molecule has 0 saturated heterocycles. The molecule has 0 spiro atoms. The van der Waals surface area contributed by atoms with Gasteiger partial charge in [0.05, 0.1) is 12.1 Å². The average molecular weight is 531 g/mol. The standard InChI is InChI=1S/C25H20Cl2N2O5S/c1-15-5-4-6-22(16(15)2)29-25(30)18(14-28)11-17-12-21(27)24(23(13-17)33-3)34-35(31,32)20-9-7-19(26)8-10-20/h4-13H,1-3H3,(H,29,30)/b18-11+. The molecule has 0 aliphatic carbocycles. The number of halogens is 2. The number of aryl methyl sites for hydroxylation is 1. The highest BCUT2D eigenvalue weighted by Crippen LogP contribution is 2.39. The summed E-state index contributed by atoms with van der Waals surface area (Å²) in [5, 5.41) is 12.5. The van der Waals surface area contributed by atoms with Crippen LogP contribution in [0.3, 0.4) is 0 Å². The molecule has 0 bridgehead atoms. The number of amides is 1. The molecule has 1 amide bonds. The fourth-order valence-corrected chi connectivity index (χ4v) is 4.44. The number of hydrogen-bond donors (Lipinski definition) is 1. The normalized spacial score (nSPS) is 11.5. The first-order chi connectivity index (χ1) is 16.6. The molecule has 1 N–H and O–H groups in total. The lowest BCUT2D eigenvalue weighted by atomic mass is 10.1. The third kappa shape index (κ3) is 6.14. The van der Waals surface area contributed by atoms with Gasteiger partial charge in [-0.25, -0.2) is 0 Å². The lowest BCUT2D eigenvalue weighted by Gasteiger charge is -2.13. The number of ether oxygens (including phenoxy) is 1. The number of nitriles is 1. The monoisotopic (exact) mass is 530 g/mol. The fourth-order valence-electron chi connectivity index (χ4n) is 3.05. The number of methoxy groups -OCH3 is 1. The molecular weight excluding hydrogens is 511 g/mol. The molecular formula is C25H20Cl2N2O5S. The van der Waals surface area contributed by atoms with E-state index in [9.17, 15) is 18.5 Å². The zero-order valence-electron chi connectivity index (χ0n) is 18.9. The van der Waals surface area contributed by atoms with Crippen molar-refractivity contribution in [3.05, 3.63) is 86.9 Å². The maximum atomic E-state index is 12.7. The molecule has 180 valence electrons. The largest absolute Gasteiger partial charge is 0.493 e. The van der Waals surface area contributed by atoms with Crippen molar-refractivity contribution in [1.82, 2.24) is 0 Å². The molecule has 0 atom stereocenters. The molecule has 0 heterocycles. The van der Waals surface area contributed by atoms with Gasteiger partial charge in [0, 0.05) is 10.7 Å². The molecule has 10 heteroatoms. The summed E-state index contributed by atoms with van der Waals surface area (Å²) < 4.78 is 35.8. The van der Waals surface area contributed by atoms with Crippen molar-refractivity contribution < 1.29 is 22.1 Å². The van der Waals surface area contributed by atoms with Crippen LogP contribution in [-0.2, 0) is 14.9 Å². The highest BCUT2D eigenvalue weighted by Gasteiger charge is 2.22. The average Bonchev–Trinajstić information content (AvgIpc) is 2.82. The molecule has 0 aliphatic heterocycles. The maximum Gasteiger partial charge on any atom is 0.339 e. The van der Waals surface area contributed by atoms with Crippen LogP contribution in [-0.4, -0.2) is 21.4 Å². The zero-order chi connectivity index (χ0) is 25.8. The second kappa shape index (κ2) is 10.8. The highest BCUT2D eigenvalue weighted by molar-refractivity contribution is 7.87. The van der Waals surface area contributed by atoms with E-state index in [1.165, 1.54) is 49.6 Å². The lowest BCUT2D eigenvalue weighted by molar-refractivity contribution is -0.112. The maximum absolute atomic E-state index is 12.7. The Morgan fingerprint density at radius 3 is 2.40 bits per heavy atom. The zero-order valence-corrected chi connectivity index (χ0v) is 21.3. The summed E-state index contributed by atoms with van der Waals surface area (Å²) in [5.74, 6) is -0.852. The number of nitrogens with one attached hydrogen (secondary N) is 1. The van der Waals surface area contributed by atoms with Gasteiger partial charge in [0.15, 0.2) is 5.75 Å². The Labute approximate surface area is 213 Å². The molecule has 0 fully saturated rings. The first-order valence-corrected chi connectivity index (χ1v) is 12.3. The number of carbonyl (C=O) groups excluding carboxylic acids is 1. The van der Waals surface area contributed by atoms with Crippen LogP contribution in [0.5, 0.6) is 11.5 Å². The van der Waals surface area contributed by atoms with Crippen LogP contribution in [0, 0.1) is 25.2 Å². The van der Waals surface area contributed by atoms with Gasteiger partial charge in [0.2, 0.25) is 5.75 Å². The van der Waals surface area contributed by atoms with E-state index in [1.54, 1.807) is 12.1 Å². The van der Waals surface area contributed by atoms with Crippen molar-refractivity contribution >= 4 is 51.0 Å². The van der Waals surface area contributed by atoms with E-state index in [-0.39, 0.29) is 27.0 Å². The minimum atomic E-state index is -4.24. The molecule has 3 aromatic carbocycles. The topological polar surface area (TPSA) is 105 Å². The highest BCUT2D eigenvalue weighted by atomic mass is 35.5. The third-order valence-corrected chi connectivity index (χ3v) is 6.84. The molecule has 7 nitrogen and oxygen atoms in total. The lowest BCUT2D eigenvalue weighted by Crippen LogP contribution is -2.14. The van der Waals surface area contributed by atoms with Gasteiger partial charge in [-0.3, -0.25) is 4.79 Å². The summed E-state index contributed by atoms with van der Waals surface area (Å²) in [7, 11) is -2.93. The van der Waals surface area contributed by atoms with E-state index >= 15 is 0 Å². The quantitative estimate of drug-likeness (QED) is 0.230. The molecule has 0 aliphatic rings. The van der Waals surface area contributed by atoms with E-state index in [1.807, 2.05) is 26.0 Å². The van der Waals surface area contributed by atoms with E-state index in [4.69, 9.17) is 32.1 Å². The minimum absolute atomic E-state index is 0.00600. The Bertz CT molecular complexity index is 1460. The predicted octanol–water partition coefficient (Wildman–Crippen LogP) is 5.93. The Hall–Kier alpha value is -3.51. The van der Waals surface area contributed by atoms with E-state index < -0.39 is 16.0 Å². The van der Waals surface area contributed by atoms with E-state index in [2.05, 4.69) is 5.32 Å². The fraction of sp³-hybridized carbons (Fsp3) is 0.120. The summed E-state index contributed by atoms with van der Waals surface area (Å²) >= 11 is 12.1. The Morgan fingerprint density at radius 1 is 1.09 bits per heavy atom. The van der Waals surface area contributed by atoms with Gasteiger partial charge in [-0.1, -0.05) is 35.3 Å². The van der Waals surface area contributed by atoms with Crippen LogP contribution in [0.2, 0.25) is 10.0 Å². The first-order valence-electron chi connectivity index (χ1n) is 10.1.